The monoisotopic (exact) mass is 1130 g/mol. The molecule has 3 aromatic heterocycles. The summed E-state index contributed by atoms with van der Waals surface area (Å²) >= 11 is 6.33. The number of sulfonamides is 1. The predicted molar refractivity (Wildman–Crippen MR) is 314 cm³/mol. The van der Waals surface area contributed by atoms with Gasteiger partial charge in [0.2, 0.25) is 5.88 Å². The molecule has 418 valence electrons. The van der Waals surface area contributed by atoms with Crippen LogP contribution in [0.1, 0.15) is 80.1 Å². The smallest absolute Gasteiger partial charge is 0.293 e. The lowest BCUT2D eigenvalue weighted by atomic mass is 9.72. The highest BCUT2D eigenvalue weighted by atomic mass is 35.5. The van der Waals surface area contributed by atoms with Crippen molar-refractivity contribution >= 4 is 80.6 Å². The summed E-state index contributed by atoms with van der Waals surface area (Å²) in [5, 5.41) is 17.1. The Kier molecular flexibility index (Phi) is 16.8. The van der Waals surface area contributed by atoms with Crippen molar-refractivity contribution in [2.75, 3.05) is 80.8 Å². The van der Waals surface area contributed by atoms with E-state index >= 15 is 0 Å². The average molecular weight is 1130 g/mol. The molecule has 1 aliphatic carbocycles. The third-order valence-corrected chi connectivity index (χ3v) is 19.0. The van der Waals surface area contributed by atoms with Crippen LogP contribution >= 0.6 is 11.6 Å². The van der Waals surface area contributed by atoms with Gasteiger partial charge in [-0.2, -0.15) is 4.98 Å². The Labute approximate surface area is 469 Å². The van der Waals surface area contributed by atoms with Crippen molar-refractivity contribution < 1.29 is 32.3 Å². The zero-order valence-electron chi connectivity index (χ0n) is 45.9. The molecular weight excluding hydrogens is 1060 g/mol. The fourth-order valence-electron chi connectivity index (χ4n) is 11.0. The van der Waals surface area contributed by atoms with Gasteiger partial charge in [-0.05, 0) is 127 Å². The lowest BCUT2D eigenvalue weighted by molar-refractivity contribution is -0.384. The van der Waals surface area contributed by atoms with Crippen LogP contribution < -0.4 is 24.6 Å². The summed E-state index contributed by atoms with van der Waals surface area (Å²) in [6, 6.07) is 28.1. The lowest BCUT2D eigenvalue weighted by Crippen LogP contribution is -2.47. The quantitative estimate of drug-likeness (QED) is 0.0358. The number of nitrogens with zero attached hydrogens (tertiary/aromatic N) is 7. The number of ether oxygens (including phenoxy) is 3. The number of hydrogen-bond acceptors (Lipinski definition) is 14. The van der Waals surface area contributed by atoms with E-state index in [1.807, 2.05) is 70.3 Å². The van der Waals surface area contributed by atoms with E-state index < -0.39 is 45.6 Å². The first-order chi connectivity index (χ1) is 37.9. The van der Waals surface area contributed by atoms with E-state index in [2.05, 4.69) is 70.4 Å². The molecule has 0 radical (unpaired) electrons. The minimum Gasteiger partial charge on any atom is -0.466 e. The van der Waals surface area contributed by atoms with Crippen LogP contribution in [0.4, 0.5) is 28.4 Å². The Morgan fingerprint density at radius 1 is 0.937 bits per heavy atom. The number of fused-ring (bicyclic) bond motifs is 2. The van der Waals surface area contributed by atoms with Crippen LogP contribution in [-0.2, 0) is 26.2 Å². The molecule has 2 saturated heterocycles. The Morgan fingerprint density at radius 3 is 2.46 bits per heavy atom. The predicted octanol–water partition coefficient (Wildman–Crippen LogP) is 11.7. The van der Waals surface area contributed by atoms with Gasteiger partial charge in [-0.25, -0.2) is 13.1 Å². The standard InChI is InChI=1S/C59H72ClN9O8SSi/c1-59(2)22-17-44(49(37-59)42-9-11-45(60)12-10-42)39-65-26-28-66(29-27-65)46-13-15-48(57(70)64-78(73,74)47-14-16-50(53(36-47)69(71)72)62-38-41-20-30-75-31-21-41)52(35-46)68-25-19-55(51-8-6-7-23-61-51)77-58-54(68)34-43-18-24-67(56(43)63-58)40-76-32-33-79(3,4)5/h6-16,18,23-24,34-36,41,55,62H,17,19-22,25-33,37-40H2,1-5H3,(H,64,70). The summed E-state index contributed by atoms with van der Waals surface area (Å²) in [5.74, 6) is -0.333. The summed E-state index contributed by atoms with van der Waals surface area (Å²) in [7, 11) is -5.98. The number of rotatable bonds is 18. The molecule has 20 heteroatoms. The summed E-state index contributed by atoms with van der Waals surface area (Å²) in [4.78, 5) is 42.9. The Hall–Kier alpha value is -6.35. The van der Waals surface area contributed by atoms with E-state index in [-0.39, 0.29) is 22.6 Å². The number of halogens is 1. The summed E-state index contributed by atoms with van der Waals surface area (Å²) in [6.45, 7) is 18.5. The highest BCUT2D eigenvalue weighted by Crippen LogP contribution is 2.45. The molecule has 79 heavy (non-hydrogen) atoms. The van der Waals surface area contributed by atoms with Crippen LogP contribution in [0.3, 0.4) is 0 Å². The molecule has 3 aromatic carbocycles. The van der Waals surface area contributed by atoms with E-state index in [1.165, 1.54) is 28.8 Å². The normalized spacial score (nSPS) is 18.5. The van der Waals surface area contributed by atoms with E-state index in [1.54, 1.807) is 12.3 Å². The van der Waals surface area contributed by atoms with Crippen molar-refractivity contribution in [1.29, 1.82) is 0 Å². The molecule has 0 bridgehead atoms. The first-order valence-electron chi connectivity index (χ1n) is 27.5. The summed E-state index contributed by atoms with van der Waals surface area (Å²) in [5.41, 5.74) is 7.42. The topological polar surface area (TPSA) is 187 Å². The lowest BCUT2D eigenvalue weighted by Gasteiger charge is -2.39. The highest BCUT2D eigenvalue weighted by Gasteiger charge is 2.34. The fraction of sp³-hybridized carbons (Fsp3) is 0.441. The maximum Gasteiger partial charge on any atom is 0.293 e. The van der Waals surface area contributed by atoms with Crippen LogP contribution in [0.2, 0.25) is 30.7 Å². The van der Waals surface area contributed by atoms with Crippen LogP contribution in [-0.4, -0.2) is 112 Å². The molecule has 2 fully saturated rings. The molecule has 10 rings (SSSR count). The first kappa shape index (κ1) is 55.9. The van der Waals surface area contributed by atoms with Gasteiger partial charge >= 0.3 is 0 Å². The van der Waals surface area contributed by atoms with E-state index in [0.717, 1.165) is 79.9 Å². The van der Waals surface area contributed by atoms with E-state index in [0.29, 0.717) is 87.7 Å². The second kappa shape index (κ2) is 23.8. The molecule has 1 amide bonds. The maximum absolute atomic E-state index is 14.9. The van der Waals surface area contributed by atoms with Crippen molar-refractivity contribution in [2.24, 2.45) is 11.3 Å². The van der Waals surface area contributed by atoms with E-state index in [9.17, 15) is 23.3 Å². The molecule has 4 aliphatic rings. The van der Waals surface area contributed by atoms with Crippen molar-refractivity contribution in [3.8, 4) is 5.88 Å². The van der Waals surface area contributed by atoms with Crippen molar-refractivity contribution in [1.82, 2.24) is 24.2 Å². The number of benzene rings is 3. The molecule has 2 N–H and O–H groups in total. The Balaban J connectivity index is 0.982. The number of carbonyl (C=O) groups is 1. The summed E-state index contributed by atoms with van der Waals surface area (Å²) < 4.78 is 51.4. The molecule has 1 atom stereocenters. The third kappa shape index (κ3) is 13.5. The minimum absolute atomic E-state index is 0.0767. The van der Waals surface area contributed by atoms with Crippen LogP contribution in [0.25, 0.3) is 16.6 Å². The van der Waals surface area contributed by atoms with Gasteiger partial charge in [-0.1, -0.05) is 68.9 Å². The SMILES string of the molecule is CC1(C)CCC(CN2CCN(c3ccc(C(=O)NS(=O)(=O)c4ccc(NCC5CCOCC5)c([N+](=O)[O-])c4)c(N4CCC(c5ccccn5)Oc5nc6c(ccn6COCC[Si](C)(C)C)cc54)c3)CC2)=C(c2ccc(Cl)cc2)C1. The molecule has 17 nitrogen and oxygen atoms in total. The van der Waals surface area contributed by atoms with Gasteiger partial charge in [0.15, 0.2) is 0 Å². The second-order valence-electron chi connectivity index (χ2n) is 23.4. The average Bonchev–Trinajstić information content (AvgIpc) is 3.85. The van der Waals surface area contributed by atoms with Crippen molar-refractivity contribution in [3.05, 3.63) is 141 Å². The second-order valence-corrected chi connectivity index (χ2v) is 31.1. The van der Waals surface area contributed by atoms with Gasteiger partial charge < -0.3 is 33.9 Å². The number of carbonyl (C=O) groups excluding carboxylic acids is 1. The number of nitro benzene ring substituents is 1. The van der Waals surface area contributed by atoms with Crippen LogP contribution in [0.5, 0.6) is 5.88 Å². The maximum atomic E-state index is 14.9. The number of anilines is 4. The zero-order chi connectivity index (χ0) is 55.5. The van der Waals surface area contributed by atoms with Gasteiger partial charge in [0.1, 0.15) is 29.9 Å². The molecule has 3 aliphatic heterocycles. The number of allylic oxidation sites excluding steroid dienone is 1. The number of nitro groups is 1. The number of amides is 1. The molecule has 6 heterocycles. The van der Waals surface area contributed by atoms with Gasteiger partial charge in [0.05, 0.1) is 26.8 Å². The molecule has 6 aromatic rings. The van der Waals surface area contributed by atoms with Crippen molar-refractivity contribution in [3.63, 3.8) is 0 Å². The molecular formula is C59H72ClN9O8SSi. The summed E-state index contributed by atoms with van der Waals surface area (Å²) in [6.07, 6.45) is 8.37. The Bertz CT molecular complexity index is 3320. The Morgan fingerprint density at radius 2 is 1.72 bits per heavy atom. The molecule has 0 spiro atoms. The molecule has 0 saturated carbocycles. The first-order valence-corrected chi connectivity index (χ1v) is 33.1. The minimum atomic E-state index is -4.65. The van der Waals surface area contributed by atoms with Crippen molar-refractivity contribution in [2.45, 2.75) is 95.8 Å². The zero-order valence-corrected chi connectivity index (χ0v) is 48.5. The largest absolute Gasteiger partial charge is 0.466 e. The fourth-order valence-corrected chi connectivity index (χ4v) is 12.9. The number of hydrogen-bond donors (Lipinski definition) is 2. The van der Waals surface area contributed by atoms with Gasteiger partial charge in [-0.15, -0.1) is 0 Å². The number of aromatic nitrogens is 3. The third-order valence-electron chi connectivity index (χ3n) is 15.8. The highest BCUT2D eigenvalue weighted by molar-refractivity contribution is 7.90. The van der Waals surface area contributed by atoms with E-state index in [4.69, 9.17) is 30.8 Å². The van der Waals surface area contributed by atoms with Crippen LogP contribution in [0.15, 0.2) is 114 Å². The van der Waals surface area contributed by atoms with Gasteiger partial charge in [0, 0.05) is 115 Å². The number of nitrogens with one attached hydrogen (secondary N) is 2. The van der Waals surface area contributed by atoms with Gasteiger partial charge in [-0.3, -0.25) is 24.8 Å². The van der Waals surface area contributed by atoms with Gasteiger partial charge in [0.25, 0.3) is 21.6 Å². The van der Waals surface area contributed by atoms with Crippen LogP contribution in [0, 0.1) is 21.4 Å². The number of pyridine rings is 2. The number of piperazine rings is 1. The molecule has 1 unspecified atom stereocenters.